The molecule has 4 heteroatoms. The van der Waals surface area contributed by atoms with Crippen LogP contribution in [-0.2, 0) is 13.1 Å². The van der Waals surface area contributed by atoms with Crippen molar-refractivity contribution in [2.75, 3.05) is 26.2 Å². The van der Waals surface area contributed by atoms with Crippen molar-refractivity contribution in [1.82, 2.24) is 9.80 Å². The smallest absolute Gasteiger partial charge is 0.128 e. The zero-order valence-electron chi connectivity index (χ0n) is 12.7. The van der Waals surface area contributed by atoms with Gasteiger partial charge in [-0.3, -0.25) is 9.80 Å². The highest BCUT2D eigenvalue weighted by Gasteiger charge is 2.28. The maximum Gasteiger partial charge on any atom is 0.128 e. The van der Waals surface area contributed by atoms with Crippen LogP contribution < -0.4 is 5.73 Å². The lowest BCUT2D eigenvalue weighted by molar-refractivity contribution is 0.161. The summed E-state index contributed by atoms with van der Waals surface area (Å²) < 4.78 is 14.0. The average Bonchev–Trinajstić information content (AvgIpc) is 2.99. The molecular formula is C17H26FN3. The van der Waals surface area contributed by atoms with Crippen LogP contribution in [0.2, 0.25) is 0 Å². The first-order valence-corrected chi connectivity index (χ1v) is 8.20. The third kappa shape index (κ3) is 3.62. The van der Waals surface area contributed by atoms with Crippen LogP contribution >= 0.6 is 0 Å². The van der Waals surface area contributed by atoms with Gasteiger partial charge in [0.25, 0.3) is 0 Å². The molecule has 1 unspecified atom stereocenters. The topological polar surface area (TPSA) is 32.5 Å². The molecule has 116 valence electrons. The Morgan fingerprint density at radius 1 is 1.14 bits per heavy atom. The quantitative estimate of drug-likeness (QED) is 0.924. The van der Waals surface area contributed by atoms with E-state index in [2.05, 4.69) is 9.80 Å². The predicted octanol–water partition coefficient (Wildman–Crippen LogP) is 2.34. The van der Waals surface area contributed by atoms with Crippen molar-refractivity contribution < 1.29 is 4.39 Å². The molecule has 0 amide bonds. The van der Waals surface area contributed by atoms with Gasteiger partial charge in [0.15, 0.2) is 0 Å². The number of nitrogens with two attached hydrogens (primary N) is 1. The van der Waals surface area contributed by atoms with Gasteiger partial charge in [-0.05, 0) is 44.0 Å². The van der Waals surface area contributed by atoms with E-state index in [4.69, 9.17) is 5.73 Å². The van der Waals surface area contributed by atoms with Crippen LogP contribution in [0.4, 0.5) is 4.39 Å². The third-order valence-corrected chi connectivity index (χ3v) is 4.90. The molecule has 0 radical (unpaired) electrons. The summed E-state index contributed by atoms with van der Waals surface area (Å²) in [6, 6.07) is 6.09. The fourth-order valence-electron chi connectivity index (χ4n) is 3.62. The highest BCUT2D eigenvalue weighted by molar-refractivity contribution is 5.24. The number of hydrogen-bond acceptors (Lipinski definition) is 3. The summed E-state index contributed by atoms with van der Waals surface area (Å²) >= 11 is 0. The summed E-state index contributed by atoms with van der Waals surface area (Å²) in [5, 5.41) is 0. The molecule has 2 saturated heterocycles. The zero-order chi connectivity index (χ0) is 14.7. The number of rotatable bonds is 4. The Morgan fingerprint density at radius 3 is 2.67 bits per heavy atom. The summed E-state index contributed by atoms with van der Waals surface area (Å²) in [5.41, 5.74) is 7.21. The van der Waals surface area contributed by atoms with Crippen LogP contribution in [0.15, 0.2) is 18.2 Å². The maximum atomic E-state index is 14.0. The van der Waals surface area contributed by atoms with Crippen LogP contribution in [-0.4, -0.2) is 42.0 Å². The molecule has 1 atom stereocenters. The van der Waals surface area contributed by atoms with Crippen LogP contribution in [0, 0.1) is 5.82 Å². The number of likely N-dealkylation sites (tertiary alicyclic amines) is 2. The number of nitrogens with zero attached hydrogens (tertiary/aromatic N) is 2. The molecule has 0 aromatic heterocycles. The van der Waals surface area contributed by atoms with E-state index in [9.17, 15) is 4.39 Å². The summed E-state index contributed by atoms with van der Waals surface area (Å²) in [4.78, 5) is 5.02. The molecule has 1 aromatic carbocycles. The van der Waals surface area contributed by atoms with Gasteiger partial charge in [-0.1, -0.05) is 18.6 Å². The highest BCUT2D eigenvalue weighted by Crippen LogP contribution is 2.22. The van der Waals surface area contributed by atoms with E-state index in [1.54, 1.807) is 6.07 Å². The molecule has 21 heavy (non-hydrogen) atoms. The Labute approximate surface area is 126 Å². The van der Waals surface area contributed by atoms with E-state index < -0.39 is 0 Å². The van der Waals surface area contributed by atoms with Crippen molar-refractivity contribution in [2.24, 2.45) is 5.73 Å². The van der Waals surface area contributed by atoms with E-state index in [0.717, 1.165) is 30.8 Å². The van der Waals surface area contributed by atoms with E-state index in [-0.39, 0.29) is 5.82 Å². The summed E-state index contributed by atoms with van der Waals surface area (Å²) in [5.74, 6) is -0.112. The predicted molar refractivity (Wildman–Crippen MR) is 83.4 cm³/mol. The molecule has 0 spiro atoms. The summed E-state index contributed by atoms with van der Waals surface area (Å²) in [6.45, 7) is 5.78. The van der Waals surface area contributed by atoms with Gasteiger partial charge in [0, 0.05) is 37.8 Å². The lowest BCUT2D eigenvalue weighted by Crippen LogP contribution is -2.40. The maximum absolute atomic E-state index is 14.0. The Kier molecular flexibility index (Phi) is 4.88. The molecule has 1 aromatic rings. The van der Waals surface area contributed by atoms with Gasteiger partial charge in [0.2, 0.25) is 0 Å². The monoisotopic (exact) mass is 291 g/mol. The van der Waals surface area contributed by atoms with E-state index >= 15 is 0 Å². The summed E-state index contributed by atoms with van der Waals surface area (Å²) in [7, 11) is 0. The van der Waals surface area contributed by atoms with Crippen LogP contribution in [0.25, 0.3) is 0 Å². The fraction of sp³-hybridized carbons (Fsp3) is 0.647. The molecular weight excluding hydrogens is 265 g/mol. The minimum absolute atomic E-state index is 0.112. The van der Waals surface area contributed by atoms with Crippen molar-refractivity contribution in [1.29, 1.82) is 0 Å². The first-order valence-electron chi connectivity index (χ1n) is 8.20. The van der Waals surface area contributed by atoms with E-state index in [0.29, 0.717) is 12.6 Å². The van der Waals surface area contributed by atoms with Gasteiger partial charge in [-0.2, -0.15) is 0 Å². The van der Waals surface area contributed by atoms with Gasteiger partial charge in [-0.15, -0.1) is 0 Å². The summed E-state index contributed by atoms with van der Waals surface area (Å²) in [6.07, 6.45) is 5.28. The normalized spacial score (nSPS) is 24.6. The Hall–Kier alpha value is -0.970. The molecule has 3 rings (SSSR count). The van der Waals surface area contributed by atoms with Gasteiger partial charge in [0.1, 0.15) is 5.82 Å². The van der Waals surface area contributed by atoms with Gasteiger partial charge in [-0.25, -0.2) is 4.39 Å². The van der Waals surface area contributed by atoms with Crippen LogP contribution in [0.5, 0.6) is 0 Å². The molecule has 2 aliphatic rings. The van der Waals surface area contributed by atoms with Gasteiger partial charge in [0.05, 0.1) is 0 Å². The largest absolute Gasteiger partial charge is 0.326 e. The number of benzene rings is 1. The second-order valence-corrected chi connectivity index (χ2v) is 6.40. The minimum Gasteiger partial charge on any atom is -0.326 e. The van der Waals surface area contributed by atoms with Crippen molar-refractivity contribution in [3.8, 4) is 0 Å². The molecule has 3 nitrogen and oxygen atoms in total. The standard InChI is InChI=1S/C17H26FN3/c18-17-10-14(11-19)4-5-15(17)12-20-9-6-16(13-20)21-7-2-1-3-8-21/h4-5,10,16H,1-3,6-9,11-13,19H2. The number of piperidine rings is 1. The second kappa shape index (κ2) is 6.86. The van der Waals surface area contributed by atoms with Crippen molar-refractivity contribution in [3.05, 3.63) is 35.1 Å². The Bertz CT molecular complexity index is 471. The van der Waals surface area contributed by atoms with Crippen LogP contribution in [0.1, 0.15) is 36.8 Å². The minimum atomic E-state index is -0.112. The first kappa shape index (κ1) is 14.9. The molecule has 2 N–H and O–H groups in total. The Balaban J connectivity index is 1.56. The first-order chi connectivity index (χ1) is 10.3. The van der Waals surface area contributed by atoms with E-state index in [1.807, 2.05) is 12.1 Å². The lowest BCUT2D eigenvalue weighted by Gasteiger charge is -2.32. The molecule has 0 aliphatic carbocycles. The van der Waals surface area contributed by atoms with Crippen LogP contribution in [0.3, 0.4) is 0 Å². The second-order valence-electron chi connectivity index (χ2n) is 6.40. The van der Waals surface area contributed by atoms with E-state index in [1.165, 1.54) is 38.8 Å². The fourth-order valence-corrected chi connectivity index (χ4v) is 3.62. The highest BCUT2D eigenvalue weighted by atomic mass is 19.1. The lowest BCUT2D eigenvalue weighted by atomic mass is 10.1. The van der Waals surface area contributed by atoms with Crippen molar-refractivity contribution in [2.45, 2.75) is 44.8 Å². The zero-order valence-corrected chi connectivity index (χ0v) is 12.7. The average molecular weight is 291 g/mol. The SMILES string of the molecule is NCc1ccc(CN2CCC(N3CCCCC3)C2)c(F)c1. The molecule has 2 fully saturated rings. The molecule has 0 bridgehead atoms. The molecule has 0 saturated carbocycles. The van der Waals surface area contributed by atoms with Crippen molar-refractivity contribution >= 4 is 0 Å². The third-order valence-electron chi connectivity index (χ3n) is 4.90. The number of halogens is 1. The molecule has 2 heterocycles. The van der Waals surface area contributed by atoms with Crippen molar-refractivity contribution in [3.63, 3.8) is 0 Å². The van der Waals surface area contributed by atoms with Gasteiger partial charge < -0.3 is 5.73 Å². The van der Waals surface area contributed by atoms with Gasteiger partial charge >= 0.3 is 0 Å². The molecule has 2 aliphatic heterocycles. The number of hydrogen-bond donors (Lipinski definition) is 1. The Morgan fingerprint density at radius 2 is 1.95 bits per heavy atom.